The van der Waals surface area contributed by atoms with Crippen LogP contribution in [-0.2, 0) is 6.54 Å². The Morgan fingerprint density at radius 3 is 2.72 bits per heavy atom. The normalized spacial score (nSPS) is 21.1. The molecule has 2 aromatic rings. The number of hydrogen-bond acceptors (Lipinski definition) is 7. The average molecular weight is 342 g/mol. The van der Waals surface area contributed by atoms with E-state index in [0.29, 0.717) is 18.4 Å². The summed E-state index contributed by atoms with van der Waals surface area (Å²) in [4.78, 5) is 15.9. The molecule has 0 amide bonds. The number of anilines is 1. The molecule has 134 valence electrons. The van der Waals surface area contributed by atoms with Gasteiger partial charge in [0.2, 0.25) is 5.89 Å². The van der Waals surface area contributed by atoms with Gasteiger partial charge in [-0.2, -0.15) is 4.98 Å². The van der Waals surface area contributed by atoms with Gasteiger partial charge in [0.05, 0.1) is 12.2 Å². The molecule has 0 aromatic carbocycles. The highest BCUT2D eigenvalue weighted by molar-refractivity contribution is 5.40. The molecule has 2 aromatic heterocycles. The second-order valence-electron chi connectivity index (χ2n) is 7.27. The maximum absolute atomic E-state index is 5.42. The Bertz CT molecular complexity index is 720. The summed E-state index contributed by atoms with van der Waals surface area (Å²) in [6.07, 6.45) is 5.98. The summed E-state index contributed by atoms with van der Waals surface area (Å²) < 4.78 is 5.42. The topological polar surface area (TPSA) is 80.0 Å². The summed E-state index contributed by atoms with van der Waals surface area (Å²) >= 11 is 0. The van der Waals surface area contributed by atoms with Crippen LogP contribution in [0.4, 0.5) is 5.82 Å². The van der Waals surface area contributed by atoms with Gasteiger partial charge >= 0.3 is 0 Å². The van der Waals surface area contributed by atoms with Gasteiger partial charge in [-0.25, -0.2) is 9.97 Å². The first-order valence-electron chi connectivity index (χ1n) is 9.29. The number of aryl methyl sites for hydroxylation is 1. The average Bonchev–Trinajstić information content (AvgIpc) is 3.01. The van der Waals surface area contributed by atoms with Crippen molar-refractivity contribution in [1.82, 2.24) is 25.4 Å². The molecule has 4 rings (SSSR count). The first-order valence-corrected chi connectivity index (χ1v) is 9.29. The quantitative estimate of drug-likeness (QED) is 0.894. The number of aromatic nitrogens is 4. The van der Waals surface area contributed by atoms with Crippen molar-refractivity contribution in [3.63, 3.8) is 0 Å². The lowest BCUT2D eigenvalue weighted by Crippen LogP contribution is -2.29. The fourth-order valence-corrected chi connectivity index (χ4v) is 3.53. The predicted octanol–water partition coefficient (Wildman–Crippen LogP) is 2.54. The van der Waals surface area contributed by atoms with E-state index >= 15 is 0 Å². The highest BCUT2D eigenvalue weighted by Crippen LogP contribution is 2.35. The molecule has 2 fully saturated rings. The smallest absolute Gasteiger partial charge is 0.229 e. The summed E-state index contributed by atoms with van der Waals surface area (Å²) in [6, 6.07) is 2.11. The summed E-state index contributed by atoms with van der Waals surface area (Å²) in [5.74, 6) is 4.19. The van der Waals surface area contributed by atoms with Crippen LogP contribution >= 0.6 is 0 Å². The van der Waals surface area contributed by atoms with Crippen molar-refractivity contribution >= 4 is 5.82 Å². The molecule has 25 heavy (non-hydrogen) atoms. The number of nitrogens with one attached hydrogen (secondary N) is 1. The fourth-order valence-electron chi connectivity index (χ4n) is 3.53. The SMILES string of the molecule is Cc1nc([C@@H]2CCCNC2)cc(N(C)Cc2noc(C3CCC3)n2)n1. The lowest BCUT2D eigenvalue weighted by Gasteiger charge is -2.24. The minimum absolute atomic E-state index is 0.470. The first kappa shape index (κ1) is 16.4. The van der Waals surface area contributed by atoms with Crippen molar-refractivity contribution in [2.75, 3.05) is 25.0 Å². The molecule has 1 saturated carbocycles. The molecular formula is C18H26N6O. The van der Waals surface area contributed by atoms with Gasteiger partial charge in [0, 0.05) is 31.5 Å². The van der Waals surface area contributed by atoms with Gasteiger partial charge in [-0.15, -0.1) is 0 Å². The van der Waals surface area contributed by atoms with Crippen molar-refractivity contribution in [1.29, 1.82) is 0 Å². The largest absolute Gasteiger partial charge is 0.352 e. The Morgan fingerprint density at radius 2 is 2.00 bits per heavy atom. The van der Waals surface area contributed by atoms with Crippen LogP contribution in [0.5, 0.6) is 0 Å². The van der Waals surface area contributed by atoms with Crippen LogP contribution < -0.4 is 10.2 Å². The Balaban J connectivity index is 1.48. The van der Waals surface area contributed by atoms with Gasteiger partial charge in [0.15, 0.2) is 5.82 Å². The molecule has 0 bridgehead atoms. The van der Waals surface area contributed by atoms with Gasteiger partial charge in [-0.3, -0.25) is 0 Å². The Labute approximate surface area is 148 Å². The van der Waals surface area contributed by atoms with E-state index in [-0.39, 0.29) is 0 Å². The standard InChI is InChI=1S/C18H26N6O/c1-12-20-15(14-7-4-8-19-10-14)9-17(21-12)24(2)11-16-22-18(25-23-16)13-5-3-6-13/h9,13-14,19H,3-8,10-11H2,1-2H3/t14-/m1/s1. The minimum Gasteiger partial charge on any atom is -0.352 e. The third-order valence-corrected chi connectivity index (χ3v) is 5.27. The molecule has 1 aliphatic carbocycles. The second kappa shape index (κ2) is 7.07. The van der Waals surface area contributed by atoms with Gasteiger partial charge in [-0.05, 0) is 39.2 Å². The van der Waals surface area contributed by atoms with Crippen LogP contribution in [0.2, 0.25) is 0 Å². The van der Waals surface area contributed by atoms with E-state index in [9.17, 15) is 0 Å². The summed E-state index contributed by atoms with van der Waals surface area (Å²) in [6.45, 7) is 4.65. The van der Waals surface area contributed by atoms with E-state index in [1.165, 1.54) is 32.1 Å². The van der Waals surface area contributed by atoms with E-state index in [1.54, 1.807) is 0 Å². The third-order valence-electron chi connectivity index (χ3n) is 5.27. The van der Waals surface area contributed by atoms with Gasteiger partial charge < -0.3 is 14.7 Å². The number of piperidine rings is 1. The maximum atomic E-state index is 5.42. The number of nitrogens with zero attached hydrogens (tertiary/aromatic N) is 5. The molecule has 1 N–H and O–H groups in total. The fraction of sp³-hybridized carbons (Fsp3) is 0.667. The summed E-state index contributed by atoms with van der Waals surface area (Å²) in [5.41, 5.74) is 1.13. The van der Waals surface area contributed by atoms with E-state index < -0.39 is 0 Å². The molecule has 0 unspecified atom stereocenters. The van der Waals surface area contributed by atoms with Crippen molar-refractivity contribution < 1.29 is 4.52 Å². The molecule has 7 heteroatoms. The highest BCUT2D eigenvalue weighted by Gasteiger charge is 2.25. The third kappa shape index (κ3) is 3.66. The zero-order valence-corrected chi connectivity index (χ0v) is 15.0. The van der Waals surface area contributed by atoms with Crippen LogP contribution in [0.15, 0.2) is 10.6 Å². The molecule has 2 aliphatic rings. The van der Waals surface area contributed by atoms with Crippen LogP contribution in [-0.4, -0.2) is 40.2 Å². The van der Waals surface area contributed by atoms with Crippen molar-refractivity contribution in [3.05, 3.63) is 29.3 Å². The molecule has 1 saturated heterocycles. The number of hydrogen-bond donors (Lipinski definition) is 1. The Kier molecular flexibility index (Phi) is 4.65. The highest BCUT2D eigenvalue weighted by atomic mass is 16.5. The molecule has 1 aliphatic heterocycles. The molecule has 0 spiro atoms. The van der Waals surface area contributed by atoms with E-state index in [0.717, 1.165) is 42.1 Å². The molecule has 3 heterocycles. The van der Waals surface area contributed by atoms with Crippen LogP contribution in [0.3, 0.4) is 0 Å². The second-order valence-corrected chi connectivity index (χ2v) is 7.27. The van der Waals surface area contributed by atoms with Crippen molar-refractivity contribution in [2.24, 2.45) is 0 Å². The van der Waals surface area contributed by atoms with E-state index in [4.69, 9.17) is 4.52 Å². The number of rotatable bonds is 5. The van der Waals surface area contributed by atoms with Gasteiger partial charge in [-0.1, -0.05) is 11.6 Å². The molecule has 7 nitrogen and oxygen atoms in total. The van der Waals surface area contributed by atoms with E-state index in [2.05, 4.69) is 36.4 Å². The Hall–Kier alpha value is -2.02. The van der Waals surface area contributed by atoms with Crippen molar-refractivity contribution in [3.8, 4) is 0 Å². The maximum Gasteiger partial charge on any atom is 0.229 e. The van der Waals surface area contributed by atoms with Crippen LogP contribution in [0, 0.1) is 6.92 Å². The van der Waals surface area contributed by atoms with Gasteiger partial charge in [0.1, 0.15) is 11.6 Å². The zero-order valence-electron chi connectivity index (χ0n) is 15.0. The van der Waals surface area contributed by atoms with Crippen molar-refractivity contribution in [2.45, 2.75) is 57.4 Å². The van der Waals surface area contributed by atoms with E-state index in [1.807, 2.05) is 14.0 Å². The van der Waals surface area contributed by atoms with Gasteiger partial charge in [0.25, 0.3) is 0 Å². The zero-order chi connectivity index (χ0) is 17.2. The summed E-state index contributed by atoms with van der Waals surface area (Å²) in [5, 5.41) is 7.60. The lowest BCUT2D eigenvalue weighted by molar-refractivity contribution is 0.291. The molecular weight excluding hydrogens is 316 g/mol. The lowest BCUT2D eigenvalue weighted by atomic mass is 9.85. The van der Waals surface area contributed by atoms with Crippen LogP contribution in [0.25, 0.3) is 0 Å². The Morgan fingerprint density at radius 1 is 1.16 bits per heavy atom. The van der Waals surface area contributed by atoms with Crippen LogP contribution in [0.1, 0.15) is 67.2 Å². The minimum atomic E-state index is 0.470. The monoisotopic (exact) mass is 342 g/mol. The molecule has 0 radical (unpaired) electrons. The summed E-state index contributed by atoms with van der Waals surface area (Å²) in [7, 11) is 2.02. The first-order chi connectivity index (χ1) is 12.2. The molecule has 1 atom stereocenters. The predicted molar refractivity (Wildman–Crippen MR) is 94.6 cm³/mol.